The molecular formula is C15H10BrClO2. The maximum Gasteiger partial charge on any atom is 0.170 e. The predicted molar refractivity (Wildman–Crippen MR) is 77.9 cm³/mol. The van der Waals surface area contributed by atoms with Gasteiger partial charge in [-0.25, -0.2) is 0 Å². The van der Waals surface area contributed by atoms with Gasteiger partial charge in [0.05, 0.1) is 12.0 Å². The molecule has 1 aliphatic heterocycles. The van der Waals surface area contributed by atoms with E-state index in [9.17, 15) is 4.79 Å². The minimum atomic E-state index is -0.253. The molecule has 1 aliphatic rings. The van der Waals surface area contributed by atoms with Crippen molar-refractivity contribution >= 4 is 33.3 Å². The molecule has 2 nitrogen and oxygen atoms in total. The lowest BCUT2D eigenvalue weighted by Gasteiger charge is -2.26. The quantitative estimate of drug-likeness (QED) is 0.746. The van der Waals surface area contributed by atoms with Crippen LogP contribution in [0.4, 0.5) is 0 Å². The Morgan fingerprint density at radius 3 is 2.79 bits per heavy atom. The summed E-state index contributed by atoms with van der Waals surface area (Å²) in [6, 6.07) is 12.9. The third-order valence-electron chi connectivity index (χ3n) is 3.13. The van der Waals surface area contributed by atoms with E-state index in [0.717, 1.165) is 10.0 Å². The maximum atomic E-state index is 12.2. The summed E-state index contributed by atoms with van der Waals surface area (Å²) >= 11 is 9.40. The van der Waals surface area contributed by atoms with Crippen molar-refractivity contribution in [3.8, 4) is 5.75 Å². The monoisotopic (exact) mass is 336 g/mol. The third kappa shape index (κ3) is 2.40. The van der Waals surface area contributed by atoms with Gasteiger partial charge in [0.25, 0.3) is 0 Å². The van der Waals surface area contributed by atoms with E-state index in [-0.39, 0.29) is 11.9 Å². The Morgan fingerprint density at radius 2 is 2.00 bits per heavy atom. The first-order valence-electron chi connectivity index (χ1n) is 5.89. The number of carbonyl (C=O) groups excluding carboxylic acids is 1. The van der Waals surface area contributed by atoms with Gasteiger partial charge in [0, 0.05) is 15.1 Å². The SMILES string of the molecule is O=C1CC(c2ccccc2Br)Oc2ccc(Cl)cc21. The largest absolute Gasteiger partial charge is 0.484 e. The number of halogens is 2. The van der Waals surface area contributed by atoms with Crippen molar-refractivity contribution in [3.05, 3.63) is 63.1 Å². The highest BCUT2D eigenvalue weighted by molar-refractivity contribution is 9.10. The summed E-state index contributed by atoms with van der Waals surface area (Å²) in [5.41, 5.74) is 1.55. The van der Waals surface area contributed by atoms with E-state index in [1.807, 2.05) is 24.3 Å². The van der Waals surface area contributed by atoms with Gasteiger partial charge in [-0.2, -0.15) is 0 Å². The van der Waals surface area contributed by atoms with Crippen molar-refractivity contribution in [3.63, 3.8) is 0 Å². The topological polar surface area (TPSA) is 26.3 Å². The Morgan fingerprint density at radius 1 is 1.21 bits per heavy atom. The predicted octanol–water partition coefficient (Wildman–Crippen LogP) is 4.81. The van der Waals surface area contributed by atoms with Gasteiger partial charge in [-0.1, -0.05) is 45.7 Å². The lowest BCUT2D eigenvalue weighted by molar-refractivity contribution is 0.0849. The van der Waals surface area contributed by atoms with Crippen LogP contribution in [-0.4, -0.2) is 5.78 Å². The normalized spacial score (nSPS) is 17.8. The first kappa shape index (κ1) is 12.7. The highest BCUT2D eigenvalue weighted by Gasteiger charge is 2.28. The third-order valence-corrected chi connectivity index (χ3v) is 4.09. The van der Waals surface area contributed by atoms with E-state index in [1.54, 1.807) is 18.2 Å². The number of rotatable bonds is 1. The van der Waals surface area contributed by atoms with Crippen LogP contribution in [0.3, 0.4) is 0 Å². The van der Waals surface area contributed by atoms with Gasteiger partial charge in [0.1, 0.15) is 11.9 Å². The zero-order chi connectivity index (χ0) is 13.4. The molecule has 0 N–H and O–H groups in total. The fraction of sp³-hybridized carbons (Fsp3) is 0.133. The molecule has 0 saturated heterocycles. The summed E-state index contributed by atoms with van der Waals surface area (Å²) in [6.45, 7) is 0. The van der Waals surface area contributed by atoms with E-state index >= 15 is 0 Å². The highest BCUT2D eigenvalue weighted by Crippen LogP contribution is 2.38. The molecule has 2 aromatic carbocycles. The number of hydrogen-bond acceptors (Lipinski definition) is 2. The van der Waals surface area contributed by atoms with Gasteiger partial charge in [-0.15, -0.1) is 0 Å². The molecule has 1 atom stereocenters. The summed E-state index contributed by atoms with van der Waals surface area (Å²) in [4.78, 5) is 12.2. The van der Waals surface area contributed by atoms with Crippen LogP contribution in [0.1, 0.15) is 28.4 Å². The van der Waals surface area contributed by atoms with Crippen molar-refractivity contribution in [1.82, 2.24) is 0 Å². The minimum absolute atomic E-state index is 0.0597. The van der Waals surface area contributed by atoms with E-state index in [2.05, 4.69) is 15.9 Å². The van der Waals surface area contributed by atoms with Crippen molar-refractivity contribution in [2.75, 3.05) is 0 Å². The van der Waals surface area contributed by atoms with Crippen LogP contribution in [0, 0.1) is 0 Å². The Hall–Kier alpha value is -1.32. The number of ketones is 1. The average molecular weight is 338 g/mol. The molecule has 0 spiro atoms. The van der Waals surface area contributed by atoms with Crippen molar-refractivity contribution in [2.45, 2.75) is 12.5 Å². The standard InChI is InChI=1S/C15H10BrClO2/c16-12-4-2-1-3-10(12)15-8-13(18)11-7-9(17)5-6-14(11)19-15/h1-7,15H,8H2. The Kier molecular flexibility index (Phi) is 3.33. The van der Waals surface area contributed by atoms with Gasteiger partial charge < -0.3 is 4.74 Å². The molecule has 1 unspecified atom stereocenters. The molecule has 19 heavy (non-hydrogen) atoms. The second-order valence-corrected chi connectivity index (χ2v) is 5.69. The molecule has 0 aliphatic carbocycles. The van der Waals surface area contributed by atoms with E-state index in [0.29, 0.717) is 22.8 Å². The zero-order valence-corrected chi connectivity index (χ0v) is 12.2. The van der Waals surface area contributed by atoms with Crippen molar-refractivity contribution in [1.29, 1.82) is 0 Å². The van der Waals surface area contributed by atoms with Crippen LogP contribution in [0.2, 0.25) is 5.02 Å². The van der Waals surface area contributed by atoms with Crippen molar-refractivity contribution < 1.29 is 9.53 Å². The molecule has 2 aromatic rings. The number of fused-ring (bicyclic) bond motifs is 1. The van der Waals surface area contributed by atoms with Crippen LogP contribution in [0.15, 0.2) is 46.9 Å². The highest BCUT2D eigenvalue weighted by atomic mass is 79.9. The van der Waals surface area contributed by atoms with Gasteiger partial charge >= 0.3 is 0 Å². The number of hydrogen-bond donors (Lipinski definition) is 0. The second kappa shape index (κ2) is 4.99. The average Bonchev–Trinajstić information content (AvgIpc) is 2.40. The molecule has 1 heterocycles. The molecule has 0 saturated carbocycles. The number of carbonyl (C=O) groups is 1. The molecular weight excluding hydrogens is 328 g/mol. The van der Waals surface area contributed by atoms with Gasteiger partial charge in [0.2, 0.25) is 0 Å². The van der Waals surface area contributed by atoms with Gasteiger partial charge in [-0.3, -0.25) is 4.79 Å². The summed E-state index contributed by atoms with van der Waals surface area (Å²) in [7, 11) is 0. The Balaban J connectivity index is 2.00. The summed E-state index contributed by atoms with van der Waals surface area (Å²) < 4.78 is 6.86. The molecule has 0 bridgehead atoms. The molecule has 3 rings (SSSR count). The van der Waals surface area contributed by atoms with Crippen LogP contribution < -0.4 is 4.74 Å². The fourth-order valence-corrected chi connectivity index (χ4v) is 2.92. The summed E-state index contributed by atoms with van der Waals surface area (Å²) in [5, 5.41) is 0.551. The summed E-state index contributed by atoms with van der Waals surface area (Å²) in [6.07, 6.45) is 0.0763. The van der Waals surface area contributed by atoms with Crippen LogP contribution in [0.25, 0.3) is 0 Å². The first-order valence-corrected chi connectivity index (χ1v) is 7.06. The summed E-state index contributed by atoms with van der Waals surface area (Å²) in [5.74, 6) is 0.658. The Bertz CT molecular complexity index is 654. The number of Topliss-reactive ketones (excluding diaryl/α,β-unsaturated/α-hetero) is 1. The van der Waals surface area contributed by atoms with E-state index in [1.165, 1.54) is 0 Å². The molecule has 96 valence electrons. The smallest absolute Gasteiger partial charge is 0.170 e. The lowest BCUT2D eigenvalue weighted by Crippen LogP contribution is -2.20. The lowest BCUT2D eigenvalue weighted by atomic mass is 9.96. The van der Waals surface area contributed by atoms with Gasteiger partial charge in [-0.05, 0) is 24.3 Å². The first-order chi connectivity index (χ1) is 9.15. The van der Waals surface area contributed by atoms with Crippen LogP contribution in [0.5, 0.6) is 5.75 Å². The number of ether oxygens (including phenoxy) is 1. The van der Waals surface area contributed by atoms with E-state index in [4.69, 9.17) is 16.3 Å². The molecule has 0 fully saturated rings. The molecule has 0 radical (unpaired) electrons. The minimum Gasteiger partial charge on any atom is -0.484 e. The van der Waals surface area contributed by atoms with Gasteiger partial charge in [0.15, 0.2) is 5.78 Å². The van der Waals surface area contributed by atoms with Crippen LogP contribution >= 0.6 is 27.5 Å². The zero-order valence-electron chi connectivity index (χ0n) is 9.90. The Labute approximate surface area is 124 Å². The maximum absolute atomic E-state index is 12.2. The van der Waals surface area contributed by atoms with Crippen LogP contribution in [-0.2, 0) is 0 Å². The fourth-order valence-electron chi connectivity index (χ4n) is 2.21. The molecule has 0 aromatic heterocycles. The number of benzene rings is 2. The molecule has 4 heteroatoms. The van der Waals surface area contributed by atoms with E-state index < -0.39 is 0 Å². The second-order valence-electron chi connectivity index (χ2n) is 4.40. The van der Waals surface area contributed by atoms with Crippen molar-refractivity contribution in [2.24, 2.45) is 0 Å². The molecule has 0 amide bonds.